The normalized spacial score (nSPS) is 16.2. The molecule has 3 aromatic rings. The van der Waals surface area contributed by atoms with Crippen LogP contribution in [0.2, 0.25) is 0 Å². The Morgan fingerprint density at radius 1 is 1.09 bits per heavy atom. The van der Waals surface area contributed by atoms with Crippen molar-refractivity contribution in [3.05, 3.63) is 60.0 Å². The molecule has 1 aliphatic rings. The van der Waals surface area contributed by atoms with Gasteiger partial charge in [0, 0.05) is 30.9 Å². The van der Waals surface area contributed by atoms with Gasteiger partial charge in [0.05, 0.1) is 17.6 Å². The Bertz CT molecular complexity index is 1180. The van der Waals surface area contributed by atoms with Crippen LogP contribution in [0.25, 0.3) is 11.3 Å². The van der Waals surface area contributed by atoms with Crippen molar-refractivity contribution in [2.45, 2.75) is 19.3 Å². The number of carbonyl (C=O) groups is 2. The fourth-order valence-electron chi connectivity index (χ4n) is 3.16. The second kappa shape index (κ2) is 8.29. The molecular formula is C22H20F2N6O2. The van der Waals surface area contributed by atoms with Gasteiger partial charge in [0.15, 0.2) is 0 Å². The minimum atomic E-state index is -2.90. The molecule has 1 unspecified atom stereocenters. The quantitative estimate of drug-likeness (QED) is 0.543. The van der Waals surface area contributed by atoms with E-state index in [1.165, 1.54) is 6.20 Å². The van der Waals surface area contributed by atoms with Crippen LogP contribution in [0, 0.1) is 12.8 Å². The topological polar surface area (TPSA) is 109 Å². The fourth-order valence-corrected chi connectivity index (χ4v) is 3.16. The van der Waals surface area contributed by atoms with Crippen molar-refractivity contribution in [2.24, 2.45) is 5.92 Å². The zero-order valence-electron chi connectivity index (χ0n) is 17.3. The molecule has 1 saturated carbocycles. The molecule has 2 heterocycles. The molecule has 0 spiro atoms. The predicted molar refractivity (Wildman–Crippen MR) is 115 cm³/mol. The van der Waals surface area contributed by atoms with Crippen LogP contribution in [0.4, 0.5) is 26.1 Å². The maximum Gasteiger partial charge on any atom is 0.269 e. The molecule has 2 amide bonds. The predicted octanol–water partition coefficient (Wildman–Crippen LogP) is 3.54. The highest BCUT2D eigenvalue weighted by molar-refractivity contribution is 5.95. The Morgan fingerprint density at radius 3 is 2.44 bits per heavy atom. The Labute approximate surface area is 182 Å². The number of amides is 2. The van der Waals surface area contributed by atoms with Crippen LogP contribution in [-0.4, -0.2) is 39.7 Å². The molecule has 0 aliphatic heterocycles. The van der Waals surface area contributed by atoms with Crippen LogP contribution in [0.1, 0.15) is 22.5 Å². The molecule has 0 saturated heterocycles. The number of aryl methyl sites for hydroxylation is 1. The molecule has 1 aromatic carbocycles. The monoisotopic (exact) mass is 438 g/mol. The van der Waals surface area contributed by atoms with E-state index in [1.807, 2.05) is 0 Å². The van der Waals surface area contributed by atoms with E-state index in [0.29, 0.717) is 34.3 Å². The summed E-state index contributed by atoms with van der Waals surface area (Å²) < 4.78 is 26.0. The van der Waals surface area contributed by atoms with Crippen LogP contribution < -0.4 is 16.0 Å². The molecule has 32 heavy (non-hydrogen) atoms. The molecule has 10 heteroatoms. The number of halogens is 2. The summed E-state index contributed by atoms with van der Waals surface area (Å²) in [6, 6.07) is 10.2. The maximum absolute atomic E-state index is 13.0. The van der Waals surface area contributed by atoms with Crippen molar-refractivity contribution in [3.63, 3.8) is 0 Å². The van der Waals surface area contributed by atoms with Crippen molar-refractivity contribution in [3.8, 4) is 11.3 Å². The summed E-state index contributed by atoms with van der Waals surface area (Å²) in [5, 5.41) is 8.10. The van der Waals surface area contributed by atoms with Crippen molar-refractivity contribution < 1.29 is 18.4 Å². The number of benzene rings is 1. The smallest absolute Gasteiger partial charge is 0.269 e. The number of hydrogen-bond donors (Lipinski definition) is 3. The largest absolute Gasteiger partial charge is 0.354 e. The van der Waals surface area contributed by atoms with Gasteiger partial charge in [-0.1, -0.05) is 12.1 Å². The Hall–Kier alpha value is -3.95. The van der Waals surface area contributed by atoms with Gasteiger partial charge in [-0.05, 0) is 36.8 Å². The molecule has 1 atom stereocenters. The number of nitrogens with zero attached hydrogens (tertiary/aromatic N) is 3. The number of pyridine rings is 1. The SMILES string of the molecule is CNC(=O)c1ncc(Nc2nccc(-c3ccc(NC(=O)C4CC4(F)F)cc3)n2)cc1C. The third-order valence-electron chi connectivity index (χ3n) is 5.02. The lowest BCUT2D eigenvalue weighted by atomic mass is 10.1. The number of nitrogens with one attached hydrogen (secondary N) is 3. The van der Waals surface area contributed by atoms with Crippen molar-refractivity contribution in [2.75, 3.05) is 17.7 Å². The summed E-state index contributed by atoms with van der Waals surface area (Å²) in [5.41, 5.74) is 3.49. The maximum atomic E-state index is 13.0. The van der Waals surface area contributed by atoms with E-state index in [2.05, 4.69) is 30.9 Å². The van der Waals surface area contributed by atoms with Crippen molar-refractivity contribution >= 4 is 29.1 Å². The van der Waals surface area contributed by atoms with E-state index >= 15 is 0 Å². The molecule has 0 bridgehead atoms. The van der Waals surface area contributed by atoms with Gasteiger partial charge in [0.2, 0.25) is 11.9 Å². The lowest BCUT2D eigenvalue weighted by Crippen LogP contribution is -2.20. The van der Waals surface area contributed by atoms with Gasteiger partial charge < -0.3 is 16.0 Å². The number of rotatable bonds is 6. The highest BCUT2D eigenvalue weighted by atomic mass is 19.3. The summed E-state index contributed by atoms with van der Waals surface area (Å²) in [6.45, 7) is 1.78. The van der Waals surface area contributed by atoms with E-state index in [-0.39, 0.29) is 5.91 Å². The van der Waals surface area contributed by atoms with Gasteiger partial charge in [-0.3, -0.25) is 9.59 Å². The standard InChI is InChI=1S/C22H20F2N6O2/c1-12-9-15(11-27-18(12)20(32)25-2)29-21-26-8-7-17(30-21)13-3-5-14(6-4-13)28-19(31)16-10-22(16,23)24/h3-9,11,16H,10H2,1-2H3,(H,25,32)(H,28,31)(H,26,29,30). The number of anilines is 3. The summed E-state index contributed by atoms with van der Waals surface area (Å²) >= 11 is 0. The molecule has 0 radical (unpaired) electrons. The minimum Gasteiger partial charge on any atom is -0.354 e. The number of alkyl halides is 2. The highest BCUT2D eigenvalue weighted by Gasteiger charge is 2.61. The number of aromatic nitrogens is 3. The highest BCUT2D eigenvalue weighted by Crippen LogP contribution is 2.49. The second-order valence-electron chi connectivity index (χ2n) is 7.44. The Kier molecular flexibility index (Phi) is 5.52. The van der Waals surface area contributed by atoms with Crippen molar-refractivity contribution in [1.82, 2.24) is 20.3 Å². The first kappa shape index (κ1) is 21.3. The lowest BCUT2D eigenvalue weighted by molar-refractivity contribution is -0.119. The number of hydrogen-bond acceptors (Lipinski definition) is 6. The second-order valence-corrected chi connectivity index (χ2v) is 7.44. The van der Waals surface area contributed by atoms with Crippen LogP contribution in [0.5, 0.6) is 0 Å². The van der Waals surface area contributed by atoms with E-state index in [4.69, 9.17) is 0 Å². The van der Waals surface area contributed by atoms with Gasteiger partial charge in [-0.25, -0.2) is 23.7 Å². The van der Waals surface area contributed by atoms with Crippen LogP contribution in [0.3, 0.4) is 0 Å². The first-order chi connectivity index (χ1) is 15.3. The Balaban J connectivity index is 1.45. The summed E-state index contributed by atoms with van der Waals surface area (Å²) in [5.74, 6) is -4.75. The average Bonchev–Trinajstić information content (AvgIpc) is 3.42. The summed E-state index contributed by atoms with van der Waals surface area (Å²) in [6.07, 6.45) is 2.71. The lowest BCUT2D eigenvalue weighted by Gasteiger charge is -2.09. The summed E-state index contributed by atoms with van der Waals surface area (Å²) in [4.78, 5) is 36.4. The Morgan fingerprint density at radius 2 is 1.81 bits per heavy atom. The molecule has 3 N–H and O–H groups in total. The third kappa shape index (κ3) is 4.53. The summed E-state index contributed by atoms with van der Waals surface area (Å²) in [7, 11) is 1.54. The first-order valence-corrected chi connectivity index (χ1v) is 9.85. The van der Waals surface area contributed by atoms with Crippen LogP contribution in [-0.2, 0) is 4.79 Å². The zero-order chi connectivity index (χ0) is 22.9. The van der Waals surface area contributed by atoms with E-state index in [9.17, 15) is 18.4 Å². The van der Waals surface area contributed by atoms with E-state index < -0.39 is 24.2 Å². The first-order valence-electron chi connectivity index (χ1n) is 9.85. The molecule has 8 nitrogen and oxygen atoms in total. The zero-order valence-corrected chi connectivity index (χ0v) is 17.3. The molecule has 1 aliphatic carbocycles. The molecule has 4 rings (SSSR count). The van der Waals surface area contributed by atoms with Crippen molar-refractivity contribution in [1.29, 1.82) is 0 Å². The van der Waals surface area contributed by atoms with E-state index in [0.717, 1.165) is 5.56 Å². The molecule has 2 aromatic heterocycles. The minimum absolute atomic E-state index is 0.266. The van der Waals surface area contributed by atoms with Gasteiger partial charge in [-0.15, -0.1) is 0 Å². The van der Waals surface area contributed by atoms with Gasteiger partial charge in [0.1, 0.15) is 11.6 Å². The van der Waals surface area contributed by atoms with Gasteiger partial charge in [0.25, 0.3) is 11.8 Å². The average molecular weight is 438 g/mol. The molecular weight excluding hydrogens is 418 g/mol. The molecule has 1 fully saturated rings. The third-order valence-corrected chi connectivity index (χ3v) is 5.02. The van der Waals surface area contributed by atoms with Gasteiger partial charge in [-0.2, -0.15) is 0 Å². The fraction of sp³-hybridized carbons (Fsp3) is 0.227. The molecule has 164 valence electrons. The van der Waals surface area contributed by atoms with Crippen LogP contribution >= 0.6 is 0 Å². The van der Waals surface area contributed by atoms with E-state index in [1.54, 1.807) is 56.6 Å². The van der Waals surface area contributed by atoms with Crippen LogP contribution in [0.15, 0.2) is 48.8 Å². The number of carbonyl (C=O) groups excluding carboxylic acids is 2. The van der Waals surface area contributed by atoms with Gasteiger partial charge >= 0.3 is 0 Å².